The molecule has 0 aliphatic carbocycles. The van der Waals surface area contributed by atoms with E-state index in [2.05, 4.69) is 47.9 Å². The maximum atomic E-state index is 13.8. The molecule has 2 aromatic carbocycles. The first-order valence-corrected chi connectivity index (χ1v) is 24.9. The summed E-state index contributed by atoms with van der Waals surface area (Å²) in [6, 6.07) is 2.65. The number of amides is 10. The third-order valence-electron chi connectivity index (χ3n) is 11.5. The van der Waals surface area contributed by atoms with Gasteiger partial charge in [0, 0.05) is 19.3 Å². The normalized spacial score (nSPS) is 14.7. The predicted molar refractivity (Wildman–Crippen MR) is 276 cm³/mol. The molecule has 29 heteroatoms. The molecule has 0 saturated carbocycles. The number of benzene rings is 2. The zero-order valence-corrected chi connectivity index (χ0v) is 43.9. The van der Waals surface area contributed by atoms with Gasteiger partial charge in [0.05, 0.1) is 31.7 Å². The van der Waals surface area contributed by atoms with Crippen LogP contribution in [0.25, 0.3) is 0 Å². The van der Waals surface area contributed by atoms with E-state index in [0.717, 1.165) is 12.5 Å². The van der Waals surface area contributed by atoms with Crippen molar-refractivity contribution in [2.75, 3.05) is 13.2 Å². The average Bonchev–Trinajstić information content (AvgIpc) is 3.37. The molecule has 0 aliphatic heterocycles. The van der Waals surface area contributed by atoms with Gasteiger partial charge in [-0.05, 0) is 56.6 Å². The predicted octanol–water partition coefficient (Wildman–Crippen LogP) is -5.08. The van der Waals surface area contributed by atoms with Crippen molar-refractivity contribution in [1.29, 1.82) is 0 Å². The number of aliphatic carboxylic acids is 3. The van der Waals surface area contributed by atoms with Crippen LogP contribution < -0.4 is 59.3 Å². The lowest BCUT2D eigenvalue weighted by Gasteiger charge is -2.27. The van der Waals surface area contributed by atoms with E-state index in [0.29, 0.717) is 5.56 Å². The van der Waals surface area contributed by atoms with E-state index in [4.69, 9.17) is 16.6 Å². The molecule has 0 spiro atoms. The Bertz CT molecular complexity index is 2460. The summed E-state index contributed by atoms with van der Waals surface area (Å²) in [5.41, 5.74) is 12.6. The van der Waals surface area contributed by atoms with E-state index in [1.807, 2.05) is 0 Å². The lowest BCUT2D eigenvalue weighted by molar-refractivity contribution is -0.143. The van der Waals surface area contributed by atoms with Crippen LogP contribution in [0.2, 0.25) is 0 Å². The Hall–Kier alpha value is -8.57. The third-order valence-corrected chi connectivity index (χ3v) is 11.5. The van der Waals surface area contributed by atoms with Gasteiger partial charge in [-0.1, -0.05) is 74.5 Å². The Balaban J connectivity index is 2.23. The van der Waals surface area contributed by atoms with Gasteiger partial charge in [-0.2, -0.15) is 0 Å². The number of carboxylic acids is 3. The van der Waals surface area contributed by atoms with Crippen LogP contribution in [0.4, 0.5) is 0 Å². The second-order valence-corrected chi connectivity index (χ2v) is 18.8. The van der Waals surface area contributed by atoms with Crippen molar-refractivity contribution in [1.82, 2.24) is 47.9 Å². The zero-order chi connectivity index (χ0) is 59.5. The average molecular weight is 1110 g/mol. The van der Waals surface area contributed by atoms with Gasteiger partial charge in [0.15, 0.2) is 0 Å². The molecule has 0 unspecified atom stereocenters. The summed E-state index contributed by atoms with van der Waals surface area (Å²) in [5.74, 6) is -15.3. The van der Waals surface area contributed by atoms with Gasteiger partial charge in [-0.3, -0.25) is 57.5 Å². The number of nitrogens with one attached hydrogen (secondary N) is 9. The van der Waals surface area contributed by atoms with E-state index in [1.165, 1.54) is 6.92 Å². The molecular formula is C50H71N11O18. The molecule has 79 heavy (non-hydrogen) atoms. The molecule has 10 atom stereocenters. The Kier molecular flexibility index (Phi) is 28.3. The molecule has 29 nitrogen and oxygen atoms in total. The van der Waals surface area contributed by atoms with Crippen LogP contribution in [-0.4, -0.2) is 176 Å². The van der Waals surface area contributed by atoms with E-state index in [9.17, 15) is 82.8 Å². The number of carboxylic acid groups (broad SMARTS) is 3. The molecule has 0 saturated heterocycles. The molecular weight excluding hydrogens is 1040 g/mol. The first-order chi connectivity index (χ1) is 37.1. The summed E-state index contributed by atoms with van der Waals surface area (Å²) in [6.45, 7) is 3.75. The Labute approximate surface area is 453 Å². The van der Waals surface area contributed by atoms with Crippen molar-refractivity contribution >= 4 is 77.0 Å². The maximum absolute atomic E-state index is 13.8. The molecule has 0 aromatic heterocycles. The first-order valence-electron chi connectivity index (χ1n) is 24.9. The third kappa shape index (κ3) is 25.0. The summed E-state index contributed by atoms with van der Waals surface area (Å²) in [6.07, 6.45) is -5.27. The molecule has 0 radical (unpaired) electrons. The molecule has 0 fully saturated rings. The summed E-state index contributed by atoms with van der Waals surface area (Å²) in [7, 11) is 0. The van der Waals surface area contributed by atoms with Crippen LogP contribution in [-0.2, 0) is 75.2 Å². The maximum Gasteiger partial charge on any atom is 0.326 e. The fraction of sp³-hybridized carbons (Fsp3) is 0.500. The number of carbonyl (C=O) groups excluding carboxylic acids is 10. The minimum atomic E-state index is -1.99. The number of aliphatic hydroxyl groups is 2. The zero-order valence-electron chi connectivity index (χ0n) is 43.9. The number of nitrogens with two attached hydrogens (primary N) is 2. The van der Waals surface area contributed by atoms with Crippen molar-refractivity contribution in [2.24, 2.45) is 17.4 Å². The van der Waals surface area contributed by atoms with Crippen molar-refractivity contribution < 1.29 is 87.9 Å². The summed E-state index contributed by atoms with van der Waals surface area (Å²) >= 11 is 0. The van der Waals surface area contributed by atoms with E-state index >= 15 is 0 Å². The highest BCUT2D eigenvalue weighted by molar-refractivity contribution is 5.99. The van der Waals surface area contributed by atoms with Gasteiger partial charge in [0.25, 0.3) is 0 Å². The fourth-order valence-electron chi connectivity index (χ4n) is 7.35. The van der Waals surface area contributed by atoms with Crippen LogP contribution in [0.3, 0.4) is 0 Å². The SMILES string of the molecule is CC(C)C[C@H](NC(=O)CNC(=O)[C@H](CC(N)=O)NC(=O)[C@@H](NC(=O)[C@H](CCC(=O)O)NC(=O)[C@H](C)NC(=O)[C@H](Cc1ccccc1)NC(=O)[C@H](CO)NC(=O)[C@@H](N)Cc1ccccc1)[C@@H](C)O)C(=O)N[C@@H](CCC(=O)O)C(=O)O. The van der Waals surface area contributed by atoms with Crippen LogP contribution in [0, 0.1) is 5.92 Å². The molecule has 434 valence electrons. The minimum absolute atomic E-state index is 0.0406. The Morgan fingerprint density at radius 1 is 0.506 bits per heavy atom. The van der Waals surface area contributed by atoms with Crippen LogP contribution >= 0.6 is 0 Å². The second kappa shape index (κ2) is 33.6. The molecule has 0 aliphatic rings. The molecule has 0 heterocycles. The lowest BCUT2D eigenvalue weighted by Crippen LogP contribution is -2.61. The van der Waals surface area contributed by atoms with Gasteiger partial charge in [-0.15, -0.1) is 0 Å². The van der Waals surface area contributed by atoms with Crippen molar-refractivity contribution in [2.45, 2.75) is 140 Å². The number of carbonyl (C=O) groups is 13. The molecule has 2 rings (SSSR count). The lowest BCUT2D eigenvalue weighted by atomic mass is 10.0. The Morgan fingerprint density at radius 2 is 0.975 bits per heavy atom. The van der Waals surface area contributed by atoms with Crippen LogP contribution in [0.15, 0.2) is 60.7 Å². The number of aliphatic hydroxyl groups excluding tert-OH is 2. The topological polar surface area (TPSA) is 483 Å². The van der Waals surface area contributed by atoms with Crippen LogP contribution in [0.1, 0.15) is 77.3 Å². The summed E-state index contributed by atoms with van der Waals surface area (Å²) in [5, 5.41) is 69.0. The molecule has 2 aromatic rings. The highest BCUT2D eigenvalue weighted by atomic mass is 16.4. The summed E-state index contributed by atoms with van der Waals surface area (Å²) < 4.78 is 0. The summed E-state index contributed by atoms with van der Waals surface area (Å²) in [4.78, 5) is 167. The highest BCUT2D eigenvalue weighted by Crippen LogP contribution is 2.10. The van der Waals surface area contributed by atoms with Crippen molar-refractivity contribution in [3.05, 3.63) is 71.8 Å². The molecule has 18 N–H and O–H groups in total. The molecule has 10 amide bonds. The first kappa shape index (κ1) is 66.5. The largest absolute Gasteiger partial charge is 0.481 e. The number of primary amides is 1. The number of hydrogen-bond donors (Lipinski definition) is 16. The fourth-order valence-corrected chi connectivity index (χ4v) is 7.35. The van der Waals surface area contributed by atoms with Gasteiger partial charge in [0.1, 0.15) is 48.3 Å². The number of hydrogen-bond acceptors (Lipinski definition) is 16. The van der Waals surface area contributed by atoms with Crippen molar-refractivity contribution in [3.63, 3.8) is 0 Å². The quantitative estimate of drug-likeness (QED) is 0.0307. The van der Waals surface area contributed by atoms with Gasteiger partial charge in [0.2, 0.25) is 59.1 Å². The van der Waals surface area contributed by atoms with E-state index < -0.39 is 183 Å². The van der Waals surface area contributed by atoms with Crippen molar-refractivity contribution in [3.8, 4) is 0 Å². The van der Waals surface area contributed by atoms with Gasteiger partial charge >= 0.3 is 17.9 Å². The van der Waals surface area contributed by atoms with E-state index in [-0.39, 0.29) is 25.2 Å². The smallest absolute Gasteiger partial charge is 0.326 e. The second-order valence-electron chi connectivity index (χ2n) is 18.8. The standard InChI is InChI=1S/C50H71N11O18/c1-25(2)19-33(47(75)57-32(50(78)79)16-18-40(68)69)55-38(65)23-53-44(72)35(22-37(52)64)59-49(77)41(27(4)63)61-45(73)31(15-17-39(66)67)56-42(70)26(3)54-46(74)34(21-29-13-9-6-10-14-29)58-48(76)36(24-62)60-43(71)30(51)20-28-11-7-5-8-12-28/h5-14,25-27,30-36,41,62-63H,15-24,51H2,1-4H3,(H2,52,64)(H,53,72)(H,54,74)(H,55,65)(H,56,70)(H,57,75)(H,58,76)(H,59,77)(H,60,71)(H,61,73)(H,66,67)(H,68,69)(H,78,79)/t26-,27+,30-,31-,32-,33-,34-,35-,36-,41-/m0/s1. The highest BCUT2D eigenvalue weighted by Gasteiger charge is 2.36. The molecule has 0 bridgehead atoms. The van der Waals surface area contributed by atoms with Gasteiger partial charge in [-0.25, -0.2) is 4.79 Å². The minimum Gasteiger partial charge on any atom is -0.481 e. The number of rotatable bonds is 35. The van der Waals surface area contributed by atoms with Gasteiger partial charge < -0.3 is 84.9 Å². The monoisotopic (exact) mass is 1110 g/mol. The van der Waals surface area contributed by atoms with E-state index in [1.54, 1.807) is 74.5 Å². The Morgan fingerprint density at radius 3 is 1.48 bits per heavy atom. The van der Waals surface area contributed by atoms with Crippen LogP contribution in [0.5, 0.6) is 0 Å².